The molecule has 1 aromatic rings. The van der Waals surface area contributed by atoms with E-state index in [1.165, 1.54) is 5.56 Å². The molecule has 7 heteroatoms. The largest absolute Gasteiger partial charge is 0.445 e. The van der Waals surface area contributed by atoms with E-state index in [9.17, 15) is 4.79 Å². The summed E-state index contributed by atoms with van der Waals surface area (Å²) in [5, 5.41) is 3.66. The third-order valence-corrected chi connectivity index (χ3v) is 6.21. The second-order valence-electron chi connectivity index (χ2n) is 8.80. The number of likely N-dealkylation sites (tertiary alicyclic amines) is 1. The highest BCUT2D eigenvalue weighted by atomic mass is 16.6. The topological polar surface area (TPSA) is 66.4 Å². The number of carbonyl (C=O) groups is 1. The number of hydrogen-bond acceptors (Lipinski definition) is 6. The monoisotopic (exact) mass is 416 g/mol. The van der Waals surface area contributed by atoms with Crippen molar-refractivity contribution in [1.29, 1.82) is 0 Å². The molecule has 1 N–H and O–H groups in total. The third-order valence-electron chi connectivity index (χ3n) is 6.21. The minimum Gasteiger partial charge on any atom is -0.445 e. The first-order valence-electron chi connectivity index (χ1n) is 10.8. The van der Waals surface area contributed by atoms with Gasteiger partial charge in [-0.2, -0.15) is 0 Å². The SMILES string of the molecule is COC1(C)N=C(C)CN(C)C1NCC1CCN(C(=O)OCc2ccc(C)cc2)CC1. The molecular weight excluding hydrogens is 380 g/mol. The van der Waals surface area contributed by atoms with Gasteiger partial charge in [0.05, 0.1) is 0 Å². The van der Waals surface area contributed by atoms with Crippen molar-refractivity contribution in [2.24, 2.45) is 10.9 Å². The normalized spacial score (nSPS) is 25.8. The summed E-state index contributed by atoms with van der Waals surface area (Å²) in [4.78, 5) is 21.2. The van der Waals surface area contributed by atoms with Crippen LogP contribution in [0.25, 0.3) is 0 Å². The molecule has 1 aromatic carbocycles. The van der Waals surface area contributed by atoms with Crippen LogP contribution in [0, 0.1) is 12.8 Å². The van der Waals surface area contributed by atoms with Crippen LogP contribution in [0.1, 0.15) is 37.8 Å². The molecule has 1 fully saturated rings. The molecule has 1 amide bonds. The molecule has 1 saturated heterocycles. The quantitative estimate of drug-likeness (QED) is 0.772. The van der Waals surface area contributed by atoms with Gasteiger partial charge < -0.3 is 14.4 Å². The predicted molar refractivity (Wildman–Crippen MR) is 119 cm³/mol. The lowest BCUT2D eigenvalue weighted by Gasteiger charge is -2.44. The number of nitrogens with one attached hydrogen (secondary N) is 1. The van der Waals surface area contributed by atoms with E-state index in [4.69, 9.17) is 14.5 Å². The first-order chi connectivity index (χ1) is 14.3. The molecule has 2 unspecified atom stereocenters. The van der Waals surface area contributed by atoms with Gasteiger partial charge in [0, 0.05) is 32.5 Å². The first kappa shape index (κ1) is 22.7. The van der Waals surface area contributed by atoms with E-state index >= 15 is 0 Å². The Balaban J connectivity index is 1.43. The molecule has 0 aliphatic carbocycles. The maximum Gasteiger partial charge on any atom is 0.410 e. The van der Waals surface area contributed by atoms with E-state index in [1.807, 2.05) is 49.9 Å². The van der Waals surface area contributed by atoms with Crippen molar-refractivity contribution in [3.63, 3.8) is 0 Å². The fourth-order valence-electron chi connectivity index (χ4n) is 4.36. The van der Waals surface area contributed by atoms with Gasteiger partial charge in [-0.25, -0.2) is 4.79 Å². The van der Waals surface area contributed by atoms with Crippen LogP contribution in [0.15, 0.2) is 29.3 Å². The molecule has 0 spiro atoms. The molecule has 0 saturated carbocycles. The Morgan fingerprint density at radius 2 is 1.90 bits per heavy atom. The van der Waals surface area contributed by atoms with Crippen LogP contribution in [0.5, 0.6) is 0 Å². The molecular formula is C23H36N4O3. The molecule has 2 aliphatic heterocycles. The molecule has 2 aliphatic rings. The van der Waals surface area contributed by atoms with Crippen molar-refractivity contribution in [3.05, 3.63) is 35.4 Å². The van der Waals surface area contributed by atoms with Gasteiger partial charge in [-0.05, 0) is 58.7 Å². The van der Waals surface area contributed by atoms with Gasteiger partial charge in [-0.3, -0.25) is 15.2 Å². The smallest absolute Gasteiger partial charge is 0.410 e. The van der Waals surface area contributed by atoms with Crippen LogP contribution in [-0.4, -0.2) is 73.8 Å². The summed E-state index contributed by atoms with van der Waals surface area (Å²) in [6.45, 7) is 9.62. The highest BCUT2D eigenvalue weighted by molar-refractivity contribution is 5.85. The number of amides is 1. The van der Waals surface area contributed by atoms with Crippen LogP contribution in [0.2, 0.25) is 0 Å². The van der Waals surface area contributed by atoms with Crippen molar-refractivity contribution in [3.8, 4) is 0 Å². The Morgan fingerprint density at radius 1 is 1.23 bits per heavy atom. The average Bonchev–Trinajstić information content (AvgIpc) is 2.73. The highest BCUT2D eigenvalue weighted by Gasteiger charge is 2.40. The van der Waals surface area contributed by atoms with Gasteiger partial charge in [-0.1, -0.05) is 29.8 Å². The average molecular weight is 417 g/mol. The summed E-state index contributed by atoms with van der Waals surface area (Å²) in [5.41, 5.74) is 2.71. The van der Waals surface area contributed by atoms with Gasteiger partial charge >= 0.3 is 6.09 Å². The van der Waals surface area contributed by atoms with Crippen molar-refractivity contribution < 1.29 is 14.3 Å². The molecule has 2 heterocycles. The zero-order chi connectivity index (χ0) is 21.7. The molecule has 3 rings (SSSR count). The number of likely N-dealkylation sites (N-methyl/N-ethyl adjacent to an activating group) is 1. The molecule has 0 bridgehead atoms. The number of piperidine rings is 1. The van der Waals surface area contributed by atoms with Crippen LogP contribution in [0.3, 0.4) is 0 Å². The minimum absolute atomic E-state index is 0.0312. The molecule has 2 atom stereocenters. The number of nitrogens with zero attached hydrogens (tertiary/aromatic N) is 3. The van der Waals surface area contributed by atoms with Crippen LogP contribution >= 0.6 is 0 Å². The third kappa shape index (κ3) is 5.59. The van der Waals surface area contributed by atoms with E-state index < -0.39 is 5.72 Å². The van der Waals surface area contributed by atoms with E-state index in [1.54, 1.807) is 7.11 Å². The highest BCUT2D eigenvalue weighted by Crippen LogP contribution is 2.25. The predicted octanol–water partition coefficient (Wildman–Crippen LogP) is 3.03. The maximum absolute atomic E-state index is 12.4. The van der Waals surface area contributed by atoms with Crippen molar-refractivity contribution in [2.75, 3.05) is 40.3 Å². The van der Waals surface area contributed by atoms with Gasteiger partial charge in [0.2, 0.25) is 0 Å². The molecule has 0 aromatic heterocycles. The fourth-order valence-corrected chi connectivity index (χ4v) is 4.36. The summed E-state index contributed by atoms with van der Waals surface area (Å²) in [6, 6.07) is 8.07. The van der Waals surface area contributed by atoms with Crippen LogP contribution in [-0.2, 0) is 16.1 Å². The number of carbonyl (C=O) groups excluding carboxylic acids is 1. The van der Waals surface area contributed by atoms with Gasteiger partial charge in [0.25, 0.3) is 0 Å². The summed E-state index contributed by atoms with van der Waals surface area (Å²) < 4.78 is 11.2. The zero-order valence-corrected chi connectivity index (χ0v) is 19.0. The second-order valence-corrected chi connectivity index (χ2v) is 8.80. The number of benzene rings is 1. The van der Waals surface area contributed by atoms with Crippen molar-refractivity contribution >= 4 is 11.8 Å². The number of aliphatic imine (C=N–C) groups is 1. The number of aryl methyl sites for hydroxylation is 1. The molecule has 0 radical (unpaired) electrons. The Morgan fingerprint density at radius 3 is 2.53 bits per heavy atom. The van der Waals surface area contributed by atoms with E-state index in [-0.39, 0.29) is 12.3 Å². The van der Waals surface area contributed by atoms with Gasteiger partial charge in [-0.15, -0.1) is 0 Å². The molecule has 166 valence electrons. The summed E-state index contributed by atoms with van der Waals surface area (Å²) in [6.07, 6.45) is 1.75. The van der Waals surface area contributed by atoms with Crippen molar-refractivity contribution in [1.82, 2.24) is 15.1 Å². The van der Waals surface area contributed by atoms with E-state index in [0.29, 0.717) is 12.5 Å². The van der Waals surface area contributed by atoms with E-state index in [0.717, 1.165) is 50.3 Å². The number of ether oxygens (including phenoxy) is 2. The van der Waals surface area contributed by atoms with E-state index in [2.05, 4.69) is 17.3 Å². The summed E-state index contributed by atoms with van der Waals surface area (Å²) in [5.74, 6) is 0.521. The molecule has 7 nitrogen and oxygen atoms in total. The Bertz CT molecular complexity index is 743. The molecule has 30 heavy (non-hydrogen) atoms. The number of rotatable bonds is 6. The maximum atomic E-state index is 12.4. The first-order valence-corrected chi connectivity index (χ1v) is 10.8. The van der Waals surface area contributed by atoms with Crippen LogP contribution in [0.4, 0.5) is 4.79 Å². The lowest BCUT2D eigenvalue weighted by molar-refractivity contribution is -0.0709. The number of methoxy groups -OCH3 is 1. The second kappa shape index (κ2) is 9.90. The van der Waals surface area contributed by atoms with Crippen LogP contribution < -0.4 is 5.32 Å². The lowest BCUT2D eigenvalue weighted by Crippen LogP contribution is -2.62. The minimum atomic E-state index is -0.586. The fraction of sp³-hybridized carbons (Fsp3) is 0.652. The lowest BCUT2D eigenvalue weighted by atomic mass is 9.96. The Kier molecular flexibility index (Phi) is 7.50. The summed E-state index contributed by atoms with van der Waals surface area (Å²) >= 11 is 0. The van der Waals surface area contributed by atoms with Crippen molar-refractivity contribution in [2.45, 2.75) is 52.1 Å². The Hall–Kier alpha value is -1.96. The standard InChI is InChI=1S/C23H36N4O3/c1-17-6-8-20(9-7-17)16-30-22(28)27-12-10-19(11-13-27)14-24-21-23(3,29-5)25-18(2)15-26(21)4/h6-9,19,21,24H,10-16H2,1-5H3. The Labute approximate surface area is 180 Å². The number of hydrogen-bond donors (Lipinski definition) is 1. The summed E-state index contributed by atoms with van der Waals surface area (Å²) in [7, 11) is 3.81. The van der Waals surface area contributed by atoms with Gasteiger partial charge in [0.1, 0.15) is 12.8 Å². The zero-order valence-electron chi connectivity index (χ0n) is 19.0. The van der Waals surface area contributed by atoms with Gasteiger partial charge in [0.15, 0.2) is 5.72 Å².